The zero-order chi connectivity index (χ0) is 9.80. The molecule has 2 aromatic rings. The van der Waals surface area contributed by atoms with Crippen molar-refractivity contribution in [2.75, 3.05) is 0 Å². The molecular formula is C10H9N3O. The van der Waals surface area contributed by atoms with Crippen LogP contribution in [-0.4, -0.2) is 15.0 Å². The third-order valence-corrected chi connectivity index (χ3v) is 1.76. The molecule has 0 aliphatic heterocycles. The minimum absolute atomic E-state index is 0.314. The lowest BCUT2D eigenvalue weighted by atomic mass is 10.2. The fourth-order valence-corrected chi connectivity index (χ4v) is 1.05. The number of hydrogen-bond donors (Lipinski definition) is 0. The molecule has 0 bridgehead atoms. The number of hydrogen-bond acceptors (Lipinski definition) is 4. The second kappa shape index (κ2) is 3.83. The fourth-order valence-electron chi connectivity index (χ4n) is 1.05. The topological polar surface area (TPSA) is 47.9 Å². The molecule has 1 aromatic heterocycles. The maximum Gasteiger partial charge on any atom is 0.324 e. The molecule has 0 saturated heterocycles. The van der Waals surface area contributed by atoms with Gasteiger partial charge < -0.3 is 4.74 Å². The van der Waals surface area contributed by atoms with Gasteiger partial charge in [-0.1, -0.05) is 18.2 Å². The van der Waals surface area contributed by atoms with E-state index in [1.165, 1.54) is 12.7 Å². The molecule has 1 heterocycles. The Labute approximate surface area is 81.6 Å². The Bertz CT molecular complexity index is 417. The van der Waals surface area contributed by atoms with E-state index in [2.05, 4.69) is 15.0 Å². The summed E-state index contributed by atoms with van der Waals surface area (Å²) in [5, 5.41) is 0. The number of ether oxygens (including phenoxy) is 1. The van der Waals surface area contributed by atoms with Gasteiger partial charge in [0.05, 0.1) is 0 Å². The molecule has 2 rings (SSSR count). The molecule has 1 aromatic carbocycles. The number of aryl methyl sites for hydroxylation is 1. The van der Waals surface area contributed by atoms with Crippen LogP contribution in [0.5, 0.6) is 11.8 Å². The molecule has 0 spiro atoms. The first-order valence-electron chi connectivity index (χ1n) is 4.22. The van der Waals surface area contributed by atoms with Crippen LogP contribution in [-0.2, 0) is 0 Å². The predicted molar refractivity (Wildman–Crippen MR) is 51.1 cm³/mol. The van der Waals surface area contributed by atoms with E-state index >= 15 is 0 Å². The summed E-state index contributed by atoms with van der Waals surface area (Å²) in [6.07, 6.45) is 2.81. The lowest BCUT2D eigenvalue weighted by Gasteiger charge is -2.04. The van der Waals surface area contributed by atoms with Gasteiger partial charge in [-0.2, -0.15) is 9.97 Å². The average Bonchev–Trinajstić information content (AvgIpc) is 2.23. The van der Waals surface area contributed by atoms with E-state index in [1.807, 2.05) is 31.2 Å². The van der Waals surface area contributed by atoms with Crippen molar-refractivity contribution in [3.63, 3.8) is 0 Å². The minimum Gasteiger partial charge on any atom is -0.424 e. The van der Waals surface area contributed by atoms with Crippen molar-refractivity contribution in [1.29, 1.82) is 0 Å². The molecule has 0 aliphatic rings. The molecule has 0 atom stereocenters. The highest BCUT2D eigenvalue weighted by atomic mass is 16.5. The molecule has 0 saturated carbocycles. The Morgan fingerprint density at radius 1 is 1.07 bits per heavy atom. The normalized spacial score (nSPS) is 9.79. The van der Waals surface area contributed by atoms with Gasteiger partial charge >= 0.3 is 6.01 Å². The van der Waals surface area contributed by atoms with E-state index in [-0.39, 0.29) is 0 Å². The molecule has 0 aliphatic carbocycles. The third-order valence-electron chi connectivity index (χ3n) is 1.76. The van der Waals surface area contributed by atoms with E-state index < -0.39 is 0 Å². The van der Waals surface area contributed by atoms with Gasteiger partial charge in [0.25, 0.3) is 0 Å². The van der Waals surface area contributed by atoms with E-state index in [4.69, 9.17) is 4.74 Å². The van der Waals surface area contributed by atoms with Crippen molar-refractivity contribution in [3.05, 3.63) is 42.5 Å². The third kappa shape index (κ3) is 1.85. The minimum atomic E-state index is 0.314. The Morgan fingerprint density at radius 2 is 1.79 bits per heavy atom. The van der Waals surface area contributed by atoms with Gasteiger partial charge in [-0.25, -0.2) is 4.98 Å². The van der Waals surface area contributed by atoms with Gasteiger partial charge in [0, 0.05) is 0 Å². The van der Waals surface area contributed by atoms with E-state index in [1.54, 1.807) is 0 Å². The SMILES string of the molecule is Cc1ccccc1Oc1ncncn1. The fraction of sp³-hybridized carbons (Fsp3) is 0.100. The molecule has 4 heteroatoms. The Balaban J connectivity index is 2.24. The maximum atomic E-state index is 5.45. The van der Waals surface area contributed by atoms with Crippen molar-refractivity contribution in [1.82, 2.24) is 15.0 Å². The number of benzene rings is 1. The van der Waals surface area contributed by atoms with Crippen LogP contribution in [0, 0.1) is 6.92 Å². The van der Waals surface area contributed by atoms with E-state index in [0.29, 0.717) is 6.01 Å². The highest BCUT2D eigenvalue weighted by molar-refractivity contribution is 5.33. The van der Waals surface area contributed by atoms with Gasteiger partial charge in [0.2, 0.25) is 0 Å². The van der Waals surface area contributed by atoms with Gasteiger partial charge in [-0.15, -0.1) is 0 Å². The molecule has 0 amide bonds. The average molecular weight is 187 g/mol. The first-order valence-corrected chi connectivity index (χ1v) is 4.22. The summed E-state index contributed by atoms with van der Waals surface area (Å²) in [7, 11) is 0. The lowest BCUT2D eigenvalue weighted by Crippen LogP contribution is -1.92. The number of rotatable bonds is 2. The molecule has 70 valence electrons. The molecule has 0 radical (unpaired) electrons. The Kier molecular flexibility index (Phi) is 2.36. The van der Waals surface area contributed by atoms with Crippen LogP contribution in [0.15, 0.2) is 36.9 Å². The molecule has 0 N–H and O–H groups in total. The highest BCUT2D eigenvalue weighted by Crippen LogP contribution is 2.20. The summed E-state index contributed by atoms with van der Waals surface area (Å²) in [6.45, 7) is 1.97. The summed E-state index contributed by atoms with van der Waals surface area (Å²) < 4.78 is 5.45. The lowest BCUT2D eigenvalue weighted by molar-refractivity contribution is 0.436. The van der Waals surface area contributed by atoms with E-state index in [9.17, 15) is 0 Å². The van der Waals surface area contributed by atoms with Crippen LogP contribution in [0.1, 0.15) is 5.56 Å². The second-order valence-corrected chi connectivity index (χ2v) is 2.79. The van der Waals surface area contributed by atoms with Crippen molar-refractivity contribution in [2.24, 2.45) is 0 Å². The van der Waals surface area contributed by atoms with Crippen LogP contribution in [0.25, 0.3) is 0 Å². The number of aromatic nitrogens is 3. The second-order valence-electron chi connectivity index (χ2n) is 2.79. The predicted octanol–water partition coefficient (Wildman–Crippen LogP) is 1.97. The molecule has 4 nitrogen and oxygen atoms in total. The largest absolute Gasteiger partial charge is 0.424 e. The molecule has 0 unspecified atom stereocenters. The van der Waals surface area contributed by atoms with E-state index in [0.717, 1.165) is 11.3 Å². The summed E-state index contributed by atoms with van der Waals surface area (Å²) in [5.74, 6) is 0.763. The Morgan fingerprint density at radius 3 is 2.50 bits per heavy atom. The molecule has 14 heavy (non-hydrogen) atoms. The van der Waals surface area contributed by atoms with Gasteiger partial charge in [0.1, 0.15) is 18.4 Å². The molecule has 0 fully saturated rings. The quantitative estimate of drug-likeness (QED) is 0.721. The summed E-state index contributed by atoms with van der Waals surface area (Å²) in [4.78, 5) is 11.4. The van der Waals surface area contributed by atoms with Crippen molar-refractivity contribution in [3.8, 4) is 11.8 Å². The summed E-state index contributed by atoms with van der Waals surface area (Å²) in [5.41, 5.74) is 1.05. The summed E-state index contributed by atoms with van der Waals surface area (Å²) >= 11 is 0. The van der Waals surface area contributed by atoms with Gasteiger partial charge in [0.15, 0.2) is 0 Å². The molecular weight excluding hydrogens is 178 g/mol. The van der Waals surface area contributed by atoms with Crippen molar-refractivity contribution in [2.45, 2.75) is 6.92 Å². The standard InChI is InChI=1S/C10H9N3O/c1-8-4-2-3-5-9(8)14-10-12-6-11-7-13-10/h2-7H,1H3. The Hall–Kier alpha value is -1.97. The zero-order valence-corrected chi connectivity index (χ0v) is 7.71. The monoisotopic (exact) mass is 187 g/mol. The summed E-state index contributed by atoms with van der Waals surface area (Å²) in [6, 6.07) is 8.02. The van der Waals surface area contributed by atoms with Crippen LogP contribution >= 0.6 is 0 Å². The number of nitrogens with zero attached hydrogens (tertiary/aromatic N) is 3. The van der Waals surface area contributed by atoms with Crippen LogP contribution in [0.2, 0.25) is 0 Å². The maximum absolute atomic E-state index is 5.45. The van der Waals surface area contributed by atoms with Crippen molar-refractivity contribution >= 4 is 0 Å². The zero-order valence-electron chi connectivity index (χ0n) is 7.71. The smallest absolute Gasteiger partial charge is 0.324 e. The van der Waals surface area contributed by atoms with Crippen molar-refractivity contribution < 1.29 is 4.74 Å². The van der Waals surface area contributed by atoms with Crippen LogP contribution < -0.4 is 4.74 Å². The first-order chi connectivity index (χ1) is 6.86. The van der Waals surface area contributed by atoms with Crippen LogP contribution in [0.4, 0.5) is 0 Å². The highest BCUT2D eigenvalue weighted by Gasteiger charge is 2.00. The first kappa shape index (κ1) is 8.62. The number of para-hydroxylation sites is 1. The van der Waals surface area contributed by atoms with Gasteiger partial charge in [-0.05, 0) is 18.6 Å². The van der Waals surface area contributed by atoms with Crippen LogP contribution in [0.3, 0.4) is 0 Å². The van der Waals surface area contributed by atoms with Gasteiger partial charge in [-0.3, -0.25) is 0 Å².